The molecule has 0 spiro atoms. The fourth-order valence-electron chi connectivity index (χ4n) is 1.34. The second-order valence-corrected chi connectivity index (χ2v) is 3.68. The van der Waals surface area contributed by atoms with Crippen LogP contribution in [-0.2, 0) is 4.79 Å². The van der Waals surface area contributed by atoms with Crippen molar-refractivity contribution in [2.45, 2.75) is 32.9 Å². The average Bonchev–Trinajstić information content (AvgIpc) is 2.62. The number of aromatic nitrogens is 2. The zero-order chi connectivity index (χ0) is 11.4. The first-order valence-electron chi connectivity index (χ1n) is 5.06. The molecule has 1 aromatic heterocycles. The van der Waals surface area contributed by atoms with Crippen LogP contribution in [0.5, 0.6) is 0 Å². The number of nitrogens with zero attached hydrogens (tertiary/aromatic N) is 2. The Balaban J connectivity index is 2.86. The Morgan fingerprint density at radius 2 is 2.33 bits per heavy atom. The molecule has 0 aromatic carbocycles. The van der Waals surface area contributed by atoms with Crippen molar-refractivity contribution in [1.82, 2.24) is 15.1 Å². The summed E-state index contributed by atoms with van der Waals surface area (Å²) in [6.07, 6.45) is 3.37. The summed E-state index contributed by atoms with van der Waals surface area (Å²) in [5.41, 5.74) is 0.693. The maximum atomic E-state index is 11.0. The quantitative estimate of drug-likeness (QED) is 0.768. The molecule has 0 saturated carbocycles. The van der Waals surface area contributed by atoms with Crippen molar-refractivity contribution >= 4 is 5.97 Å². The van der Waals surface area contributed by atoms with Crippen LogP contribution in [0, 0.1) is 0 Å². The summed E-state index contributed by atoms with van der Waals surface area (Å²) in [6.45, 7) is 6.49. The van der Waals surface area contributed by atoms with Crippen molar-refractivity contribution in [1.29, 1.82) is 0 Å². The van der Waals surface area contributed by atoms with Crippen LogP contribution in [0.4, 0.5) is 0 Å². The number of carboxylic acids is 1. The van der Waals surface area contributed by atoms with E-state index in [0.29, 0.717) is 12.1 Å². The molecule has 5 nitrogen and oxygen atoms in total. The van der Waals surface area contributed by atoms with E-state index in [-0.39, 0.29) is 6.04 Å². The molecule has 1 unspecified atom stereocenters. The van der Waals surface area contributed by atoms with E-state index in [9.17, 15) is 4.79 Å². The number of hydrogen-bond acceptors (Lipinski definition) is 3. The van der Waals surface area contributed by atoms with Gasteiger partial charge >= 0.3 is 5.97 Å². The van der Waals surface area contributed by atoms with Crippen molar-refractivity contribution in [2.24, 2.45) is 0 Å². The van der Waals surface area contributed by atoms with Crippen molar-refractivity contribution in [3.8, 4) is 0 Å². The Kier molecular flexibility index (Phi) is 3.85. The minimum atomic E-state index is -0.875. The van der Waals surface area contributed by atoms with Crippen molar-refractivity contribution in [2.75, 3.05) is 6.54 Å². The van der Waals surface area contributed by atoms with Gasteiger partial charge in [-0.15, -0.1) is 0 Å². The largest absolute Gasteiger partial charge is 0.480 e. The van der Waals surface area contributed by atoms with E-state index >= 15 is 0 Å². The molecule has 0 aliphatic carbocycles. The molecule has 0 aliphatic rings. The summed E-state index contributed by atoms with van der Waals surface area (Å²) < 4.78 is 1.75. The molecule has 0 aliphatic heterocycles. The maximum absolute atomic E-state index is 11.0. The van der Waals surface area contributed by atoms with Crippen molar-refractivity contribution < 1.29 is 9.90 Å². The van der Waals surface area contributed by atoms with Crippen molar-refractivity contribution in [3.63, 3.8) is 0 Å². The van der Waals surface area contributed by atoms with E-state index in [1.165, 1.54) is 0 Å². The Labute approximate surface area is 89.1 Å². The molecule has 15 heavy (non-hydrogen) atoms. The van der Waals surface area contributed by atoms with Gasteiger partial charge in [0.05, 0.1) is 6.20 Å². The Morgan fingerprint density at radius 3 is 2.73 bits per heavy atom. The third kappa shape index (κ3) is 2.79. The van der Waals surface area contributed by atoms with Crippen LogP contribution in [0.15, 0.2) is 12.4 Å². The molecule has 5 heteroatoms. The molecule has 0 fully saturated rings. The van der Waals surface area contributed by atoms with Crippen LogP contribution in [0.25, 0.3) is 0 Å². The lowest BCUT2D eigenvalue weighted by Crippen LogP contribution is -2.27. The first kappa shape index (κ1) is 11.7. The number of nitrogens with one attached hydrogen (secondary N) is 1. The smallest absolute Gasteiger partial charge is 0.325 e. The molecule has 1 atom stereocenters. The third-order valence-electron chi connectivity index (χ3n) is 2.14. The highest BCUT2D eigenvalue weighted by Gasteiger charge is 2.20. The lowest BCUT2D eigenvalue weighted by atomic mass is 10.1. The standard InChI is InChI=1S/C10H17N3O2/c1-4-11-9(10(14)15)8-5-12-13(6-8)7(2)3/h5-7,9,11H,4H2,1-3H3,(H,14,15). The molecule has 0 bridgehead atoms. The SMILES string of the molecule is CCNC(C(=O)O)c1cnn(C(C)C)c1. The molecule has 2 N–H and O–H groups in total. The fraction of sp³-hybridized carbons (Fsp3) is 0.600. The Morgan fingerprint density at radius 1 is 1.67 bits per heavy atom. The number of aliphatic carboxylic acids is 1. The lowest BCUT2D eigenvalue weighted by Gasteiger charge is -2.10. The van der Waals surface area contributed by atoms with Gasteiger partial charge in [0.15, 0.2) is 0 Å². The van der Waals surface area contributed by atoms with E-state index in [4.69, 9.17) is 5.11 Å². The number of likely N-dealkylation sites (N-methyl/N-ethyl adjacent to an activating group) is 1. The normalized spacial score (nSPS) is 13.1. The van der Waals surface area contributed by atoms with Crippen molar-refractivity contribution in [3.05, 3.63) is 18.0 Å². The fourth-order valence-corrected chi connectivity index (χ4v) is 1.34. The zero-order valence-corrected chi connectivity index (χ0v) is 9.27. The minimum Gasteiger partial charge on any atom is -0.480 e. The Bertz CT molecular complexity index is 333. The van der Waals surface area contributed by atoms with Gasteiger partial charge in [0, 0.05) is 17.8 Å². The van der Waals surface area contributed by atoms with E-state index < -0.39 is 12.0 Å². The first-order valence-corrected chi connectivity index (χ1v) is 5.06. The Hall–Kier alpha value is -1.36. The monoisotopic (exact) mass is 211 g/mol. The molecule has 84 valence electrons. The predicted molar refractivity (Wildman–Crippen MR) is 56.7 cm³/mol. The number of hydrogen-bond donors (Lipinski definition) is 2. The van der Waals surface area contributed by atoms with Gasteiger partial charge < -0.3 is 10.4 Å². The van der Waals surface area contributed by atoms with Crippen LogP contribution in [0.1, 0.15) is 38.4 Å². The van der Waals surface area contributed by atoms with Gasteiger partial charge in [-0.3, -0.25) is 9.48 Å². The van der Waals surface area contributed by atoms with Gasteiger partial charge in [-0.05, 0) is 20.4 Å². The summed E-state index contributed by atoms with van der Waals surface area (Å²) >= 11 is 0. The van der Waals surface area contributed by atoms with Gasteiger partial charge in [0.1, 0.15) is 6.04 Å². The molecule has 0 amide bonds. The zero-order valence-electron chi connectivity index (χ0n) is 9.27. The molecule has 1 aromatic rings. The summed E-state index contributed by atoms with van der Waals surface area (Å²) in [5, 5.41) is 16.0. The van der Waals surface area contributed by atoms with Crippen LogP contribution < -0.4 is 5.32 Å². The summed E-state index contributed by atoms with van der Waals surface area (Å²) in [4.78, 5) is 11.0. The molecule has 1 heterocycles. The molecule has 0 radical (unpaired) electrons. The highest BCUT2D eigenvalue weighted by atomic mass is 16.4. The number of carbonyl (C=O) groups is 1. The van der Waals surface area contributed by atoms with E-state index in [1.54, 1.807) is 17.1 Å². The molecular weight excluding hydrogens is 194 g/mol. The van der Waals surface area contributed by atoms with Gasteiger partial charge in [-0.25, -0.2) is 0 Å². The van der Waals surface area contributed by atoms with Crippen LogP contribution in [0.3, 0.4) is 0 Å². The first-order chi connectivity index (χ1) is 7.06. The third-order valence-corrected chi connectivity index (χ3v) is 2.14. The second-order valence-electron chi connectivity index (χ2n) is 3.68. The summed E-state index contributed by atoms with van der Waals surface area (Å²) in [6, 6.07) is -0.419. The van der Waals surface area contributed by atoms with Gasteiger partial charge in [0.25, 0.3) is 0 Å². The van der Waals surface area contributed by atoms with Gasteiger partial charge in [0.2, 0.25) is 0 Å². The maximum Gasteiger partial charge on any atom is 0.325 e. The topological polar surface area (TPSA) is 67.2 Å². The highest BCUT2D eigenvalue weighted by Crippen LogP contribution is 2.14. The lowest BCUT2D eigenvalue weighted by molar-refractivity contribution is -0.139. The van der Waals surface area contributed by atoms with E-state index in [0.717, 1.165) is 0 Å². The highest BCUT2D eigenvalue weighted by molar-refractivity contribution is 5.75. The van der Waals surface area contributed by atoms with E-state index in [1.807, 2.05) is 20.8 Å². The van der Waals surface area contributed by atoms with Crippen LogP contribution in [0.2, 0.25) is 0 Å². The summed E-state index contributed by atoms with van der Waals surface area (Å²) in [7, 11) is 0. The van der Waals surface area contributed by atoms with E-state index in [2.05, 4.69) is 10.4 Å². The number of rotatable bonds is 5. The molecular formula is C10H17N3O2. The van der Waals surface area contributed by atoms with Crippen LogP contribution >= 0.6 is 0 Å². The van der Waals surface area contributed by atoms with Gasteiger partial charge in [-0.1, -0.05) is 6.92 Å². The predicted octanol–water partition coefficient (Wildman–Crippen LogP) is 1.20. The molecule has 1 rings (SSSR count). The average molecular weight is 211 g/mol. The van der Waals surface area contributed by atoms with Gasteiger partial charge in [-0.2, -0.15) is 5.10 Å². The minimum absolute atomic E-state index is 0.245. The second kappa shape index (κ2) is 4.93. The number of carboxylic acid groups (broad SMARTS) is 1. The van der Waals surface area contributed by atoms with Crippen LogP contribution in [-0.4, -0.2) is 27.4 Å². The summed E-state index contributed by atoms with van der Waals surface area (Å²) in [5.74, 6) is -0.875. The molecule has 0 saturated heterocycles.